The zero-order valence-corrected chi connectivity index (χ0v) is 12.7. The number of aliphatic carboxylic acids is 1. The summed E-state index contributed by atoms with van der Waals surface area (Å²) < 4.78 is 0. The fourth-order valence-corrected chi connectivity index (χ4v) is 2.30. The van der Waals surface area contributed by atoms with Gasteiger partial charge in [0.05, 0.1) is 13.1 Å². The van der Waals surface area contributed by atoms with Crippen molar-refractivity contribution in [3.05, 3.63) is 42.5 Å². The van der Waals surface area contributed by atoms with Gasteiger partial charge in [-0.15, -0.1) is 0 Å². The Bertz CT molecular complexity index is 677. The zero-order valence-electron chi connectivity index (χ0n) is 12.7. The van der Waals surface area contributed by atoms with Crippen molar-refractivity contribution < 1.29 is 14.7 Å². The number of carboxylic acids is 1. The van der Waals surface area contributed by atoms with Crippen LogP contribution in [0, 0.1) is 0 Å². The predicted octanol–water partition coefficient (Wildman–Crippen LogP) is 2.57. The van der Waals surface area contributed by atoms with Gasteiger partial charge in [-0.1, -0.05) is 36.4 Å². The Labute approximate surface area is 129 Å². The number of hydrogen-bond acceptors (Lipinski definition) is 3. The van der Waals surface area contributed by atoms with Crippen LogP contribution in [0.1, 0.15) is 13.8 Å². The van der Waals surface area contributed by atoms with Gasteiger partial charge in [0.25, 0.3) is 0 Å². The van der Waals surface area contributed by atoms with E-state index < -0.39 is 5.97 Å². The fraction of sp³-hybridized carbons (Fsp3) is 0.294. The third-order valence-corrected chi connectivity index (χ3v) is 3.48. The van der Waals surface area contributed by atoms with Crippen molar-refractivity contribution in [2.24, 2.45) is 0 Å². The Morgan fingerprint density at radius 2 is 1.77 bits per heavy atom. The Balaban J connectivity index is 2.12. The summed E-state index contributed by atoms with van der Waals surface area (Å²) in [6.45, 7) is 3.64. The van der Waals surface area contributed by atoms with Gasteiger partial charge in [0.15, 0.2) is 0 Å². The minimum absolute atomic E-state index is 0.0191. The van der Waals surface area contributed by atoms with E-state index in [0.29, 0.717) is 0 Å². The molecule has 0 heterocycles. The molecular formula is C17H20N2O3. The zero-order chi connectivity index (χ0) is 16.1. The van der Waals surface area contributed by atoms with Crippen molar-refractivity contribution >= 4 is 28.3 Å². The van der Waals surface area contributed by atoms with Gasteiger partial charge in [0.2, 0.25) is 5.91 Å². The first kappa shape index (κ1) is 16.0. The lowest BCUT2D eigenvalue weighted by atomic mass is 10.1. The van der Waals surface area contributed by atoms with Crippen LogP contribution in [-0.4, -0.2) is 41.0 Å². The molecule has 0 fully saturated rings. The molecule has 1 amide bonds. The molecule has 2 N–H and O–H groups in total. The van der Waals surface area contributed by atoms with Crippen molar-refractivity contribution in [1.29, 1.82) is 0 Å². The van der Waals surface area contributed by atoms with E-state index in [1.165, 1.54) is 0 Å². The van der Waals surface area contributed by atoms with Crippen LogP contribution < -0.4 is 5.32 Å². The van der Waals surface area contributed by atoms with Crippen molar-refractivity contribution in [2.75, 3.05) is 18.4 Å². The quantitative estimate of drug-likeness (QED) is 0.860. The van der Waals surface area contributed by atoms with Gasteiger partial charge >= 0.3 is 5.97 Å². The molecule has 0 aliphatic heterocycles. The van der Waals surface area contributed by atoms with Gasteiger partial charge < -0.3 is 10.4 Å². The Kier molecular flexibility index (Phi) is 5.12. The first-order chi connectivity index (χ1) is 10.5. The van der Waals surface area contributed by atoms with Gasteiger partial charge in [0, 0.05) is 17.1 Å². The molecule has 116 valence electrons. The summed E-state index contributed by atoms with van der Waals surface area (Å²) in [5.41, 5.74) is 0.738. The molecule has 0 radical (unpaired) electrons. The number of fused-ring (bicyclic) bond motifs is 1. The number of benzene rings is 2. The molecule has 5 nitrogen and oxygen atoms in total. The Hall–Kier alpha value is -2.40. The number of carbonyl (C=O) groups excluding carboxylic acids is 1. The molecule has 0 aliphatic rings. The van der Waals surface area contributed by atoms with Crippen LogP contribution in [0.25, 0.3) is 10.8 Å². The smallest absolute Gasteiger partial charge is 0.317 e. The van der Waals surface area contributed by atoms with E-state index in [2.05, 4.69) is 5.32 Å². The van der Waals surface area contributed by atoms with E-state index in [-0.39, 0.29) is 25.0 Å². The number of nitrogens with zero attached hydrogens (tertiary/aromatic N) is 1. The molecular weight excluding hydrogens is 280 g/mol. The van der Waals surface area contributed by atoms with E-state index >= 15 is 0 Å². The summed E-state index contributed by atoms with van der Waals surface area (Å²) in [6.07, 6.45) is 0. The number of carboxylic acid groups (broad SMARTS) is 1. The second kappa shape index (κ2) is 7.04. The van der Waals surface area contributed by atoms with E-state index in [1.807, 2.05) is 56.3 Å². The predicted molar refractivity (Wildman–Crippen MR) is 86.9 cm³/mol. The Morgan fingerprint density at radius 1 is 1.09 bits per heavy atom. The molecule has 0 saturated carbocycles. The molecule has 22 heavy (non-hydrogen) atoms. The maximum absolute atomic E-state index is 12.2. The monoisotopic (exact) mass is 300 g/mol. The van der Waals surface area contributed by atoms with Crippen molar-refractivity contribution in [3.63, 3.8) is 0 Å². The molecule has 2 aromatic rings. The summed E-state index contributed by atoms with van der Waals surface area (Å²) >= 11 is 0. The molecule has 0 saturated heterocycles. The lowest BCUT2D eigenvalue weighted by Crippen LogP contribution is -2.41. The van der Waals surface area contributed by atoms with Crippen LogP contribution in [0.15, 0.2) is 42.5 Å². The number of anilines is 1. The van der Waals surface area contributed by atoms with Crippen LogP contribution in [0.4, 0.5) is 5.69 Å². The molecule has 0 bridgehead atoms. The molecule has 2 rings (SSSR count). The maximum atomic E-state index is 12.2. The minimum atomic E-state index is -0.938. The molecule has 0 aromatic heterocycles. The van der Waals surface area contributed by atoms with Crippen LogP contribution >= 0.6 is 0 Å². The standard InChI is InChI=1S/C17H20N2O3/c1-12(2)19(11-17(21)22)10-16(20)18-15-9-5-7-13-6-3-4-8-14(13)15/h3-9,12H,10-11H2,1-2H3,(H,18,20)(H,21,22). The second-order valence-electron chi connectivity index (χ2n) is 5.47. The van der Waals surface area contributed by atoms with E-state index in [9.17, 15) is 9.59 Å². The van der Waals surface area contributed by atoms with Crippen molar-refractivity contribution in [1.82, 2.24) is 4.90 Å². The third kappa shape index (κ3) is 4.05. The van der Waals surface area contributed by atoms with Crippen LogP contribution in [0.2, 0.25) is 0 Å². The first-order valence-electron chi connectivity index (χ1n) is 7.21. The molecule has 0 spiro atoms. The number of carbonyl (C=O) groups is 2. The van der Waals surface area contributed by atoms with Crippen LogP contribution in [0.3, 0.4) is 0 Å². The summed E-state index contributed by atoms with van der Waals surface area (Å²) in [7, 11) is 0. The number of hydrogen-bond donors (Lipinski definition) is 2. The van der Waals surface area contributed by atoms with Gasteiger partial charge in [-0.3, -0.25) is 14.5 Å². The SMILES string of the molecule is CC(C)N(CC(=O)O)CC(=O)Nc1cccc2ccccc12. The number of amides is 1. The highest BCUT2D eigenvalue weighted by Gasteiger charge is 2.17. The summed E-state index contributed by atoms with van der Waals surface area (Å²) in [6, 6.07) is 13.5. The van der Waals surface area contributed by atoms with Crippen LogP contribution in [-0.2, 0) is 9.59 Å². The highest BCUT2D eigenvalue weighted by Crippen LogP contribution is 2.22. The van der Waals surface area contributed by atoms with E-state index in [0.717, 1.165) is 16.5 Å². The minimum Gasteiger partial charge on any atom is -0.480 e. The Morgan fingerprint density at radius 3 is 2.45 bits per heavy atom. The second-order valence-corrected chi connectivity index (χ2v) is 5.47. The summed E-state index contributed by atoms with van der Waals surface area (Å²) in [5.74, 6) is -1.15. The summed E-state index contributed by atoms with van der Waals surface area (Å²) in [4.78, 5) is 24.7. The van der Waals surface area contributed by atoms with Gasteiger partial charge in [-0.2, -0.15) is 0 Å². The number of nitrogens with one attached hydrogen (secondary N) is 1. The average Bonchev–Trinajstić information content (AvgIpc) is 2.46. The molecule has 5 heteroatoms. The highest BCUT2D eigenvalue weighted by atomic mass is 16.4. The maximum Gasteiger partial charge on any atom is 0.317 e. The average molecular weight is 300 g/mol. The van der Waals surface area contributed by atoms with E-state index in [1.54, 1.807) is 4.90 Å². The topological polar surface area (TPSA) is 69.6 Å². The largest absolute Gasteiger partial charge is 0.480 e. The van der Waals surface area contributed by atoms with Gasteiger partial charge in [-0.25, -0.2) is 0 Å². The summed E-state index contributed by atoms with van der Waals surface area (Å²) in [5, 5.41) is 13.8. The van der Waals surface area contributed by atoms with Crippen molar-refractivity contribution in [2.45, 2.75) is 19.9 Å². The normalized spacial score (nSPS) is 11.1. The molecule has 2 aromatic carbocycles. The fourth-order valence-electron chi connectivity index (χ4n) is 2.30. The lowest BCUT2D eigenvalue weighted by molar-refractivity contribution is -0.139. The highest BCUT2D eigenvalue weighted by molar-refractivity contribution is 6.02. The van der Waals surface area contributed by atoms with Gasteiger partial charge in [-0.05, 0) is 25.3 Å². The van der Waals surface area contributed by atoms with E-state index in [4.69, 9.17) is 5.11 Å². The first-order valence-corrected chi connectivity index (χ1v) is 7.21. The third-order valence-electron chi connectivity index (χ3n) is 3.48. The lowest BCUT2D eigenvalue weighted by Gasteiger charge is -2.23. The van der Waals surface area contributed by atoms with Crippen LogP contribution in [0.5, 0.6) is 0 Å². The molecule has 0 aliphatic carbocycles. The molecule has 0 atom stereocenters. The van der Waals surface area contributed by atoms with Crippen molar-refractivity contribution in [3.8, 4) is 0 Å². The number of rotatable bonds is 6. The molecule has 0 unspecified atom stereocenters. The van der Waals surface area contributed by atoms with Gasteiger partial charge in [0.1, 0.15) is 0 Å².